The van der Waals surface area contributed by atoms with Crippen molar-refractivity contribution in [3.8, 4) is 5.75 Å². The molecule has 166 valence electrons. The van der Waals surface area contributed by atoms with E-state index in [1.165, 1.54) is 6.07 Å². The fourth-order valence-corrected chi connectivity index (χ4v) is 3.64. The van der Waals surface area contributed by atoms with Crippen LogP contribution in [0.3, 0.4) is 0 Å². The second-order valence-electron chi connectivity index (χ2n) is 6.99. The maximum absolute atomic E-state index is 14.1. The number of rotatable bonds is 6. The first-order valence-corrected chi connectivity index (χ1v) is 9.45. The van der Waals surface area contributed by atoms with Gasteiger partial charge < -0.3 is 20.3 Å². The third-order valence-corrected chi connectivity index (χ3v) is 5.21. The number of nitrogens with one attached hydrogen (secondary N) is 1. The molecule has 0 aliphatic rings. The number of benzene rings is 2. The Kier molecular flexibility index (Phi) is 6.31. The summed E-state index contributed by atoms with van der Waals surface area (Å²) in [7, 11) is 1.15. The zero-order valence-corrected chi connectivity index (χ0v) is 17.2. The lowest BCUT2D eigenvalue weighted by Gasteiger charge is -2.38. The molecule has 0 saturated carbocycles. The molecule has 2 unspecified atom stereocenters. The van der Waals surface area contributed by atoms with Gasteiger partial charge in [0.15, 0.2) is 0 Å². The summed E-state index contributed by atoms with van der Waals surface area (Å²) in [5, 5.41) is 22.9. The fourth-order valence-electron chi connectivity index (χ4n) is 3.35. The summed E-state index contributed by atoms with van der Waals surface area (Å²) < 4.78 is 61.0. The van der Waals surface area contributed by atoms with Gasteiger partial charge in [0.25, 0.3) is 0 Å². The molecule has 0 aliphatic carbocycles. The van der Waals surface area contributed by atoms with Crippen LogP contribution in [0.25, 0.3) is 10.9 Å². The smallest absolute Gasteiger partial charge is 0.421 e. The predicted octanol–water partition coefficient (Wildman–Crippen LogP) is 4.78. The van der Waals surface area contributed by atoms with Crippen molar-refractivity contribution in [2.24, 2.45) is 0 Å². The third-order valence-electron chi connectivity index (χ3n) is 4.93. The lowest BCUT2D eigenvalue weighted by Crippen LogP contribution is -2.55. The van der Waals surface area contributed by atoms with E-state index in [2.05, 4.69) is 10.3 Å². The molecule has 1 heterocycles. The minimum atomic E-state index is -5.29. The molecule has 0 fully saturated rings. The minimum Gasteiger partial charge on any atom is -0.495 e. The molecule has 2 aromatic carbocycles. The van der Waals surface area contributed by atoms with Crippen molar-refractivity contribution < 1.29 is 32.5 Å². The molecule has 0 aliphatic heterocycles. The van der Waals surface area contributed by atoms with Gasteiger partial charge in [-0.3, -0.25) is 4.98 Å². The van der Waals surface area contributed by atoms with Gasteiger partial charge in [0.2, 0.25) is 5.60 Å². The normalized spacial score (nSPS) is 14.9. The van der Waals surface area contributed by atoms with Gasteiger partial charge >= 0.3 is 6.18 Å². The Hall–Kier alpha value is -2.62. The molecule has 0 radical (unpaired) electrons. The van der Waals surface area contributed by atoms with Gasteiger partial charge in [0.05, 0.1) is 30.3 Å². The van der Waals surface area contributed by atoms with Gasteiger partial charge in [-0.05, 0) is 43.3 Å². The van der Waals surface area contributed by atoms with Crippen LogP contribution in [0.15, 0.2) is 42.5 Å². The molecule has 0 spiro atoms. The number of methoxy groups -OCH3 is 1. The largest absolute Gasteiger partial charge is 0.495 e. The van der Waals surface area contributed by atoms with Crippen LogP contribution in [-0.4, -0.2) is 40.7 Å². The van der Waals surface area contributed by atoms with Crippen LogP contribution >= 0.6 is 11.6 Å². The van der Waals surface area contributed by atoms with Crippen molar-refractivity contribution in [1.82, 2.24) is 4.98 Å². The van der Waals surface area contributed by atoms with Crippen molar-refractivity contribution in [1.29, 1.82) is 0 Å². The first-order valence-electron chi connectivity index (χ1n) is 9.07. The van der Waals surface area contributed by atoms with E-state index in [9.17, 15) is 27.8 Å². The maximum atomic E-state index is 14.1. The van der Waals surface area contributed by atoms with E-state index in [0.717, 1.165) is 19.2 Å². The number of ether oxygens (including phenoxy) is 1. The molecule has 2 atom stereocenters. The lowest BCUT2D eigenvalue weighted by atomic mass is 9.87. The van der Waals surface area contributed by atoms with Crippen molar-refractivity contribution in [3.05, 3.63) is 64.6 Å². The summed E-state index contributed by atoms with van der Waals surface area (Å²) in [6.07, 6.45) is -5.29. The van der Waals surface area contributed by atoms with Crippen molar-refractivity contribution in [2.45, 2.75) is 24.7 Å². The number of halogens is 5. The number of pyridine rings is 1. The van der Waals surface area contributed by atoms with E-state index >= 15 is 0 Å². The molecule has 0 saturated heterocycles. The molecule has 0 bridgehead atoms. The molecule has 10 heteroatoms. The Labute approximate surface area is 180 Å². The number of fused-ring (bicyclic) bond motifs is 1. The predicted molar refractivity (Wildman–Crippen MR) is 109 cm³/mol. The number of aliphatic hydroxyl groups excluding tert-OH is 1. The summed E-state index contributed by atoms with van der Waals surface area (Å²) in [5.41, 5.74) is -2.75. The van der Waals surface area contributed by atoms with Crippen LogP contribution in [0, 0.1) is 12.7 Å². The standard InChI is InChI=1S/C21H19ClF4N2O3/c1-11-6-7-13-16(27-11)4-3-5-17(13)28-19(20(30,10-29)21(24,25)26)14-8-12(23)9-15(22)18(14)31-2/h3-9,19,28-30H,10H2,1-2H3. The van der Waals surface area contributed by atoms with Gasteiger partial charge in [-0.2, -0.15) is 13.2 Å². The molecule has 5 nitrogen and oxygen atoms in total. The van der Waals surface area contributed by atoms with E-state index < -0.39 is 35.8 Å². The highest BCUT2D eigenvalue weighted by Gasteiger charge is 2.59. The molecule has 3 rings (SSSR count). The Morgan fingerprint density at radius 3 is 2.52 bits per heavy atom. The number of alkyl halides is 3. The van der Waals surface area contributed by atoms with E-state index in [1.54, 1.807) is 31.2 Å². The number of aromatic nitrogens is 1. The van der Waals surface area contributed by atoms with Crippen molar-refractivity contribution >= 4 is 28.2 Å². The Morgan fingerprint density at radius 1 is 1.19 bits per heavy atom. The molecule has 3 aromatic rings. The summed E-state index contributed by atoms with van der Waals surface area (Å²) in [5.74, 6) is -1.21. The van der Waals surface area contributed by atoms with Gasteiger partial charge in [-0.15, -0.1) is 0 Å². The van der Waals surface area contributed by atoms with E-state index in [0.29, 0.717) is 16.6 Å². The van der Waals surface area contributed by atoms with E-state index in [1.807, 2.05) is 0 Å². The summed E-state index contributed by atoms with van der Waals surface area (Å²) in [6.45, 7) is 0.0592. The Morgan fingerprint density at radius 2 is 1.90 bits per heavy atom. The van der Waals surface area contributed by atoms with Gasteiger partial charge in [0.1, 0.15) is 11.6 Å². The van der Waals surface area contributed by atoms with E-state index in [4.69, 9.17) is 16.3 Å². The summed E-state index contributed by atoms with van der Waals surface area (Å²) in [4.78, 5) is 4.33. The highest BCUT2D eigenvalue weighted by atomic mass is 35.5. The number of hydrogen-bond donors (Lipinski definition) is 3. The second-order valence-corrected chi connectivity index (χ2v) is 7.40. The average molecular weight is 459 g/mol. The quantitative estimate of drug-likeness (QED) is 0.463. The van der Waals surface area contributed by atoms with Crippen LogP contribution in [0.1, 0.15) is 17.3 Å². The van der Waals surface area contributed by atoms with Crippen LogP contribution in [0.4, 0.5) is 23.2 Å². The summed E-state index contributed by atoms with van der Waals surface area (Å²) in [6, 6.07) is 7.60. The van der Waals surface area contributed by atoms with Gasteiger partial charge in [-0.1, -0.05) is 17.7 Å². The zero-order valence-electron chi connectivity index (χ0n) is 16.5. The monoisotopic (exact) mass is 458 g/mol. The first-order chi connectivity index (χ1) is 14.5. The summed E-state index contributed by atoms with van der Waals surface area (Å²) >= 11 is 5.97. The van der Waals surface area contributed by atoms with E-state index in [-0.39, 0.29) is 16.5 Å². The second kappa shape index (κ2) is 8.49. The zero-order chi connectivity index (χ0) is 23.0. The topological polar surface area (TPSA) is 74.6 Å². The highest BCUT2D eigenvalue weighted by Crippen LogP contribution is 2.46. The number of aliphatic hydroxyl groups is 2. The Balaban J connectivity index is 2.27. The van der Waals surface area contributed by atoms with Crippen LogP contribution in [-0.2, 0) is 0 Å². The van der Waals surface area contributed by atoms with Gasteiger partial charge in [-0.25, -0.2) is 4.39 Å². The van der Waals surface area contributed by atoms with Crippen LogP contribution < -0.4 is 10.1 Å². The van der Waals surface area contributed by atoms with Crippen molar-refractivity contribution in [2.75, 3.05) is 19.0 Å². The lowest BCUT2D eigenvalue weighted by molar-refractivity contribution is -0.277. The molecular weight excluding hydrogens is 440 g/mol. The Bertz CT molecular complexity index is 1110. The molecule has 1 aromatic heterocycles. The van der Waals surface area contributed by atoms with Crippen molar-refractivity contribution in [3.63, 3.8) is 0 Å². The minimum absolute atomic E-state index is 0.175. The molecule has 0 amide bonds. The van der Waals surface area contributed by atoms with Crippen LogP contribution in [0.5, 0.6) is 5.75 Å². The number of anilines is 1. The SMILES string of the molecule is COc1c(Cl)cc(F)cc1C(Nc1cccc2nc(C)ccc12)C(O)(CO)C(F)(F)F. The fraction of sp³-hybridized carbons (Fsp3) is 0.286. The molecular formula is C21H19ClF4N2O3. The third kappa shape index (κ3) is 4.26. The number of aryl methyl sites for hydroxylation is 1. The molecule has 3 N–H and O–H groups in total. The van der Waals surface area contributed by atoms with Gasteiger partial charge in [0, 0.05) is 22.3 Å². The maximum Gasteiger partial charge on any atom is 0.421 e. The number of nitrogens with zero attached hydrogens (tertiary/aromatic N) is 1. The van der Waals surface area contributed by atoms with Crippen LogP contribution in [0.2, 0.25) is 5.02 Å². The number of hydrogen-bond acceptors (Lipinski definition) is 5. The average Bonchev–Trinajstić information content (AvgIpc) is 2.69. The first kappa shape index (κ1) is 23.1. The highest BCUT2D eigenvalue weighted by molar-refractivity contribution is 6.32. The molecule has 31 heavy (non-hydrogen) atoms.